The first-order valence-electron chi connectivity index (χ1n) is 9.48. The van der Waals surface area contributed by atoms with Crippen molar-refractivity contribution in [2.45, 2.75) is 71.1 Å². The Hall–Kier alpha value is -1.35. The van der Waals surface area contributed by atoms with Gasteiger partial charge in [-0.15, -0.1) is 0 Å². The molecule has 0 bridgehead atoms. The van der Waals surface area contributed by atoms with E-state index >= 15 is 0 Å². The SMILES string of the molecule is CCCCCCCS(=O)(=O)c1cccc2c(CC(C)(C)C)cccc12. The molecule has 25 heavy (non-hydrogen) atoms. The Balaban J connectivity index is 2.31. The molecule has 2 aromatic carbocycles. The molecule has 3 heteroatoms. The first-order chi connectivity index (χ1) is 11.7. The molecule has 2 aromatic rings. The van der Waals surface area contributed by atoms with Crippen molar-refractivity contribution in [2.24, 2.45) is 5.41 Å². The summed E-state index contributed by atoms with van der Waals surface area (Å²) in [6.07, 6.45) is 6.16. The summed E-state index contributed by atoms with van der Waals surface area (Å²) in [4.78, 5) is 0.497. The quantitative estimate of drug-likeness (QED) is 0.527. The van der Waals surface area contributed by atoms with Crippen molar-refractivity contribution in [1.29, 1.82) is 0 Å². The number of sulfone groups is 1. The number of benzene rings is 2. The largest absolute Gasteiger partial charge is 0.224 e. The number of hydrogen-bond acceptors (Lipinski definition) is 2. The fourth-order valence-electron chi connectivity index (χ4n) is 3.35. The van der Waals surface area contributed by atoms with E-state index in [1.807, 2.05) is 18.2 Å². The summed E-state index contributed by atoms with van der Waals surface area (Å²) in [5.74, 6) is 0.249. The second-order valence-electron chi connectivity index (χ2n) is 8.24. The molecule has 2 nitrogen and oxygen atoms in total. The van der Waals surface area contributed by atoms with Gasteiger partial charge in [0.25, 0.3) is 0 Å². The van der Waals surface area contributed by atoms with Crippen LogP contribution in [0.1, 0.15) is 65.4 Å². The van der Waals surface area contributed by atoms with Crippen molar-refractivity contribution in [2.75, 3.05) is 5.75 Å². The lowest BCUT2D eigenvalue weighted by Gasteiger charge is -2.20. The Kier molecular flexibility index (Phi) is 6.67. The molecule has 2 rings (SSSR count). The highest BCUT2D eigenvalue weighted by Crippen LogP contribution is 2.30. The standard InChI is InChI=1S/C22H32O2S/c1-5-6-7-8-9-16-25(23,24)21-15-11-13-19-18(17-22(2,3)4)12-10-14-20(19)21/h10-15H,5-9,16-17H2,1-4H3. The molecule has 138 valence electrons. The van der Waals surface area contributed by atoms with E-state index in [4.69, 9.17) is 0 Å². The van der Waals surface area contributed by atoms with Gasteiger partial charge in [0.1, 0.15) is 0 Å². The highest BCUT2D eigenvalue weighted by Gasteiger charge is 2.19. The van der Waals surface area contributed by atoms with Gasteiger partial charge in [0, 0.05) is 5.39 Å². The summed E-state index contributed by atoms with van der Waals surface area (Å²) in [7, 11) is -3.23. The maximum absolute atomic E-state index is 12.9. The van der Waals surface area contributed by atoms with Crippen molar-refractivity contribution in [3.05, 3.63) is 42.0 Å². The van der Waals surface area contributed by atoms with E-state index in [1.165, 1.54) is 18.4 Å². The summed E-state index contributed by atoms with van der Waals surface area (Å²) in [5.41, 5.74) is 1.40. The first-order valence-corrected chi connectivity index (χ1v) is 11.1. The predicted molar refractivity (Wildman–Crippen MR) is 108 cm³/mol. The molecule has 0 N–H and O–H groups in total. The monoisotopic (exact) mass is 360 g/mol. The van der Waals surface area contributed by atoms with Gasteiger partial charge in [-0.2, -0.15) is 0 Å². The Morgan fingerprint density at radius 1 is 0.840 bits per heavy atom. The zero-order valence-corrected chi connectivity index (χ0v) is 17.0. The molecule has 0 aliphatic carbocycles. The molecule has 0 atom stereocenters. The fraction of sp³-hybridized carbons (Fsp3) is 0.545. The second-order valence-corrected chi connectivity index (χ2v) is 10.3. The van der Waals surface area contributed by atoms with Crippen molar-refractivity contribution in [3.8, 4) is 0 Å². The molecule has 0 aliphatic rings. The lowest BCUT2D eigenvalue weighted by Crippen LogP contribution is -2.10. The van der Waals surface area contributed by atoms with Gasteiger partial charge in [0.2, 0.25) is 0 Å². The molecule has 0 saturated carbocycles. The van der Waals surface area contributed by atoms with Gasteiger partial charge in [-0.1, -0.05) is 83.7 Å². The van der Waals surface area contributed by atoms with Crippen LogP contribution in [0.3, 0.4) is 0 Å². The smallest absolute Gasteiger partial charge is 0.178 e. The van der Waals surface area contributed by atoms with Crippen molar-refractivity contribution >= 4 is 20.6 Å². The normalized spacial score (nSPS) is 12.6. The van der Waals surface area contributed by atoms with E-state index in [0.717, 1.165) is 36.5 Å². The Bertz CT molecular complexity index is 798. The molecule has 0 amide bonds. The van der Waals surface area contributed by atoms with Crippen LogP contribution in [-0.4, -0.2) is 14.2 Å². The van der Waals surface area contributed by atoms with Gasteiger partial charge >= 0.3 is 0 Å². The van der Waals surface area contributed by atoms with E-state index in [9.17, 15) is 8.42 Å². The predicted octanol–water partition coefficient (Wildman–Crippen LogP) is 6.17. The summed E-state index contributed by atoms with van der Waals surface area (Å²) < 4.78 is 25.8. The lowest BCUT2D eigenvalue weighted by molar-refractivity contribution is 0.412. The van der Waals surface area contributed by atoms with Crippen molar-refractivity contribution < 1.29 is 8.42 Å². The molecule has 0 saturated heterocycles. The number of rotatable bonds is 8. The maximum Gasteiger partial charge on any atom is 0.178 e. The van der Waals surface area contributed by atoms with Crippen LogP contribution in [0.5, 0.6) is 0 Å². The van der Waals surface area contributed by atoms with Gasteiger partial charge in [-0.25, -0.2) is 8.42 Å². The average Bonchev–Trinajstić information content (AvgIpc) is 2.53. The molecule has 0 heterocycles. The molecule has 0 aromatic heterocycles. The van der Waals surface area contributed by atoms with Crippen molar-refractivity contribution in [3.63, 3.8) is 0 Å². The number of hydrogen-bond donors (Lipinski definition) is 0. The van der Waals surface area contributed by atoms with Crippen LogP contribution < -0.4 is 0 Å². The van der Waals surface area contributed by atoms with Crippen LogP contribution in [0.15, 0.2) is 41.3 Å². The molecular weight excluding hydrogens is 328 g/mol. The maximum atomic E-state index is 12.9. The van der Waals surface area contributed by atoms with Crippen LogP contribution >= 0.6 is 0 Å². The zero-order valence-electron chi connectivity index (χ0n) is 16.1. The van der Waals surface area contributed by atoms with E-state index in [0.29, 0.717) is 4.90 Å². The van der Waals surface area contributed by atoms with E-state index in [2.05, 4.69) is 39.8 Å². The number of unbranched alkanes of at least 4 members (excludes halogenated alkanes) is 4. The summed E-state index contributed by atoms with van der Waals surface area (Å²) in [6, 6.07) is 11.8. The van der Waals surface area contributed by atoms with E-state index < -0.39 is 9.84 Å². The van der Waals surface area contributed by atoms with Crippen LogP contribution in [0.25, 0.3) is 10.8 Å². The Morgan fingerprint density at radius 3 is 2.16 bits per heavy atom. The Morgan fingerprint density at radius 2 is 1.48 bits per heavy atom. The summed E-state index contributed by atoms with van der Waals surface area (Å²) in [6.45, 7) is 8.80. The molecule has 0 unspecified atom stereocenters. The highest BCUT2D eigenvalue weighted by atomic mass is 32.2. The van der Waals surface area contributed by atoms with E-state index in [-0.39, 0.29) is 11.2 Å². The van der Waals surface area contributed by atoms with Gasteiger partial charge in [0.05, 0.1) is 10.6 Å². The molecule has 0 fully saturated rings. The molecule has 0 spiro atoms. The highest BCUT2D eigenvalue weighted by molar-refractivity contribution is 7.91. The topological polar surface area (TPSA) is 34.1 Å². The minimum Gasteiger partial charge on any atom is -0.224 e. The van der Waals surface area contributed by atoms with Crippen LogP contribution in [0.2, 0.25) is 0 Å². The molecule has 0 radical (unpaired) electrons. The third kappa shape index (κ3) is 5.57. The van der Waals surface area contributed by atoms with Gasteiger partial charge in [0.15, 0.2) is 9.84 Å². The minimum atomic E-state index is -3.23. The third-order valence-electron chi connectivity index (χ3n) is 4.54. The number of fused-ring (bicyclic) bond motifs is 1. The van der Waals surface area contributed by atoms with Crippen molar-refractivity contribution in [1.82, 2.24) is 0 Å². The van der Waals surface area contributed by atoms with Crippen LogP contribution in [-0.2, 0) is 16.3 Å². The van der Waals surface area contributed by atoms with Crippen LogP contribution in [0.4, 0.5) is 0 Å². The molecule has 0 aliphatic heterocycles. The first kappa shape index (κ1) is 20.0. The second kappa shape index (κ2) is 8.35. The average molecular weight is 361 g/mol. The lowest BCUT2D eigenvalue weighted by atomic mass is 9.86. The Labute approximate surface area is 153 Å². The van der Waals surface area contributed by atoms with Crippen LogP contribution in [0, 0.1) is 5.41 Å². The van der Waals surface area contributed by atoms with Gasteiger partial charge in [-0.3, -0.25) is 0 Å². The summed E-state index contributed by atoms with van der Waals surface area (Å²) >= 11 is 0. The van der Waals surface area contributed by atoms with Gasteiger partial charge < -0.3 is 0 Å². The molecular formula is C22H32O2S. The zero-order chi connectivity index (χ0) is 18.5. The summed E-state index contributed by atoms with van der Waals surface area (Å²) in [5, 5.41) is 1.95. The van der Waals surface area contributed by atoms with E-state index in [1.54, 1.807) is 6.07 Å². The van der Waals surface area contributed by atoms with Gasteiger partial charge in [-0.05, 0) is 35.3 Å². The minimum absolute atomic E-state index is 0.169. The fourth-order valence-corrected chi connectivity index (χ4v) is 4.95. The third-order valence-corrected chi connectivity index (χ3v) is 6.40.